The number of carbonyl (C=O) groups is 2. The second-order valence-corrected chi connectivity index (χ2v) is 9.59. The summed E-state index contributed by atoms with van der Waals surface area (Å²) >= 11 is 0. The van der Waals surface area contributed by atoms with E-state index in [4.69, 9.17) is 0 Å². The van der Waals surface area contributed by atoms with Crippen LogP contribution in [0.1, 0.15) is 59.3 Å². The summed E-state index contributed by atoms with van der Waals surface area (Å²) in [5.41, 5.74) is 1.94. The van der Waals surface area contributed by atoms with Crippen LogP contribution >= 0.6 is 0 Å². The number of aromatic nitrogens is 1. The molecule has 1 aromatic carbocycles. The van der Waals surface area contributed by atoms with Gasteiger partial charge in [0.05, 0.1) is 0 Å². The van der Waals surface area contributed by atoms with E-state index in [2.05, 4.69) is 10.2 Å². The van der Waals surface area contributed by atoms with Crippen LogP contribution in [0.25, 0.3) is 0 Å². The number of nitriles is 1. The number of aryl methyl sites for hydroxylation is 2. The maximum absolute atomic E-state index is 13.0. The average Bonchev–Trinajstić information content (AvgIpc) is 2.87. The molecule has 1 saturated carbocycles. The Labute approximate surface area is 206 Å². The van der Waals surface area contributed by atoms with E-state index in [1.54, 1.807) is 44.2 Å². The molecule has 1 aliphatic carbocycles. The van der Waals surface area contributed by atoms with Crippen molar-refractivity contribution in [2.45, 2.75) is 58.5 Å². The fourth-order valence-electron chi connectivity index (χ4n) is 5.22. The number of anilines is 1. The van der Waals surface area contributed by atoms with Crippen LogP contribution < -0.4 is 10.9 Å². The van der Waals surface area contributed by atoms with Crippen LogP contribution in [0, 0.1) is 25.2 Å². The fraction of sp³-hybridized carbons (Fsp3) is 0.481. The van der Waals surface area contributed by atoms with Crippen molar-refractivity contribution in [1.29, 1.82) is 5.26 Å². The number of pyridine rings is 1. The minimum absolute atomic E-state index is 0.0111. The van der Waals surface area contributed by atoms with Crippen LogP contribution in [-0.2, 0) is 11.3 Å². The molecular formula is C27H33N5O3. The van der Waals surface area contributed by atoms with E-state index >= 15 is 0 Å². The van der Waals surface area contributed by atoms with Gasteiger partial charge in [0.1, 0.15) is 18.2 Å². The molecule has 1 saturated heterocycles. The van der Waals surface area contributed by atoms with Crippen molar-refractivity contribution in [3.05, 3.63) is 63.1 Å². The molecule has 0 radical (unpaired) electrons. The fourth-order valence-corrected chi connectivity index (χ4v) is 5.22. The zero-order valence-corrected chi connectivity index (χ0v) is 20.5. The van der Waals surface area contributed by atoms with Crippen molar-refractivity contribution in [2.24, 2.45) is 0 Å². The SMILES string of the molecule is Cc1cc(C)n(CC(=O)Nc2ccc(C(=O)N3CCN(C4CCCCC4)CC3)cc2)c(=O)c1C#N. The lowest BCUT2D eigenvalue weighted by Crippen LogP contribution is -2.52. The lowest BCUT2D eigenvalue weighted by Gasteiger charge is -2.40. The number of amides is 2. The first-order valence-electron chi connectivity index (χ1n) is 12.4. The molecule has 2 aliphatic rings. The van der Waals surface area contributed by atoms with Crippen molar-refractivity contribution < 1.29 is 9.59 Å². The van der Waals surface area contributed by atoms with Gasteiger partial charge in [0.15, 0.2) is 0 Å². The van der Waals surface area contributed by atoms with Gasteiger partial charge in [-0.05, 0) is 62.6 Å². The largest absolute Gasteiger partial charge is 0.336 e. The van der Waals surface area contributed by atoms with Gasteiger partial charge in [-0.2, -0.15) is 5.26 Å². The van der Waals surface area contributed by atoms with E-state index in [-0.39, 0.29) is 23.9 Å². The third kappa shape index (κ3) is 5.63. The molecule has 8 nitrogen and oxygen atoms in total. The third-order valence-corrected chi connectivity index (χ3v) is 7.23. The molecule has 0 bridgehead atoms. The van der Waals surface area contributed by atoms with Gasteiger partial charge in [0.2, 0.25) is 5.91 Å². The Hall–Kier alpha value is -3.44. The topological polar surface area (TPSA) is 98.4 Å². The van der Waals surface area contributed by atoms with Crippen molar-refractivity contribution in [2.75, 3.05) is 31.5 Å². The van der Waals surface area contributed by atoms with Gasteiger partial charge in [-0.1, -0.05) is 19.3 Å². The average molecular weight is 476 g/mol. The third-order valence-electron chi connectivity index (χ3n) is 7.23. The number of carbonyl (C=O) groups excluding carboxylic acids is 2. The van der Waals surface area contributed by atoms with Gasteiger partial charge in [-0.15, -0.1) is 0 Å². The van der Waals surface area contributed by atoms with E-state index in [1.165, 1.54) is 36.7 Å². The number of hydrogen-bond donors (Lipinski definition) is 1. The standard InChI is InChI=1S/C27H33N5O3/c1-19-16-20(2)32(27(35)24(19)17-28)18-25(33)29-22-10-8-21(9-11-22)26(34)31-14-12-30(13-15-31)23-6-4-3-5-7-23/h8-11,16,23H,3-7,12-15,18H2,1-2H3,(H,29,33). The smallest absolute Gasteiger partial charge is 0.269 e. The summed E-state index contributed by atoms with van der Waals surface area (Å²) < 4.78 is 1.30. The van der Waals surface area contributed by atoms with E-state index < -0.39 is 5.56 Å². The minimum atomic E-state index is -0.468. The monoisotopic (exact) mass is 475 g/mol. The van der Waals surface area contributed by atoms with Gasteiger partial charge in [0, 0.05) is 49.2 Å². The predicted octanol–water partition coefficient (Wildman–Crippen LogP) is 3.07. The minimum Gasteiger partial charge on any atom is -0.336 e. The molecule has 1 aliphatic heterocycles. The molecule has 0 atom stereocenters. The molecule has 1 N–H and O–H groups in total. The van der Waals surface area contributed by atoms with Crippen LogP contribution in [0.2, 0.25) is 0 Å². The van der Waals surface area contributed by atoms with Crippen molar-refractivity contribution >= 4 is 17.5 Å². The summed E-state index contributed by atoms with van der Waals surface area (Å²) in [6, 6.07) is 11.2. The summed E-state index contributed by atoms with van der Waals surface area (Å²) in [7, 11) is 0. The van der Waals surface area contributed by atoms with Crippen molar-refractivity contribution in [1.82, 2.24) is 14.4 Å². The highest BCUT2D eigenvalue weighted by molar-refractivity contribution is 5.96. The van der Waals surface area contributed by atoms with Crippen LogP contribution in [0.3, 0.4) is 0 Å². The molecule has 0 unspecified atom stereocenters. The van der Waals surface area contributed by atoms with E-state index in [1.807, 2.05) is 11.0 Å². The maximum atomic E-state index is 13.0. The summed E-state index contributed by atoms with van der Waals surface area (Å²) in [6.07, 6.45) is 6.53. The molecule has 8 heteroatoms. The molecule has 2 heterocycles. The zero-order valence-electron chi connectivity index (χ0n) is 20.5. The molecule has 0 spiro atoms. The molecule has 4 rings (SSSR count). The Bertz CT molecular complexity index is 1180. The summed E-state index contributed by atoms with van der Waals surface area (Å²) in [6.45, 7) is 6.58. The number of nitrogens with one attached hydrogen (secondary N) is 1. The molecule has 2 aromatic rings. The number of nitrogens with zero attached hydrogens (tertiary/aromatic N) is 4. The Morgan fingerprint density at radius 2 is 1.69 bits per heavy atom. The van der Waals surface area contributed by atoms with E-state index in [0.717, 1.165) is 26.2 Å². The van der Waals surface area contributed by atoms with Crippen molar-refractivity contribution in [3.8, 4) is 6.07 Å². The number of hydrogen-bond acceptors (Lipinski definition) is 5. The Morgan fingerprint density at radius 1 is 1.03 bits per heavy atom. The molecular weight excluding hydrogens is 442 g/mol. The molecule has 2 fully saturated rings. The summed E-state index contributed by atoms with van der Waals surface area (Å²) in [5, 5.41) is 12.0. The maximum Gasteiger partial charge on any atom is 0.269 e. The van der Waals surface area contributed by atoms with Gasteiger partial charge < -0.3 is 14.8 Å². The highest BCUT2D eigenvalue weighted by Gasteiger charge is 2.27. The second-order valence-electron chi connectivity index (χ2n) is 9.59. The molecule has 1 aromatic heterocycles. The first-order valence-corrected chi connectivity index (χ1v) is 12.4. The second kappa shape index (κ2) is 10.9. The Balaban J connectivity index is 1.33. The lowest BCUT2D eigenvalue weighted by atomic mass is 9.94. The molecule has 35 heavy (non-hydrogen) atoms. The summed E-state index contributed by atoms with van der Waals surface area (Å²) in [4.78, 5) is 42.5. The van der Waals surface area contributed by atoms with Gasteiger partial charge in [0.25, 0.3) is 11.5 Å². The Morgan fingerprint density at radius 3 is 2.31 bits per heavy atom. The summed E-state index contributed by atoms with van der Waals surface area (Å²) in [5.74, 6) is -0.363. The number of benzene rings is 1. The quantitative estimate of drug-likeness (QED) is 0.717. The van der Waals surface area contributed by atoms with Gasteiger partial charge >= 0.3 is 0 Å². The van der Waals surface area contributed by atoms with Crippen LogP contribution in [-0.4, -0.2) is 58.4 Å². The molecule has 2 amide bonds. The highest BCUT2D eigenvalue weighted by Crippen LogP contribution is 2.24. The van der Waals surface area contributed by atoms with Crippen LogP contribution in [0.15, 0.2) is 35.1 Å². The first kappa shape index (κ1) is 24.7. The van der Waals surface area contributed by atoms with E-state index in [9.17, 15) is 19.6 Å². The Kier molecular flexibility index (Phi) is 7.67. The highest BCUT2D eigenvalue weighted by atomic mass is 16.2. The zero-order chi connectivity index (χ0) is 24.9. The van der Waals surface area contributed by atoms with Crippen molar-refractivity contribution in [3.63, 3.8) is 0 Å². The normalized spacial score (nSPS) is 17.1. The van der Waals surface area contributed by atoms with E-state index in [0.29, 0.717) is 28.6 Å². The number of piperazine rings is 1. The predicted molar refractivity (Wildman–Crippen MR) is 134 cm³/mol. The lowest BCUT2D eigenvalue weighted by molar-refractivity contribution is -0.116. The molecule has 184 valence electrons. The van der Waals surface area contributed by atoms with Crippen LogP contribution in [0.5, 0.6) is 0 Å². The van der Waals surface area contributed by atoms with Gasteiger partial charge in [-0.25, -0.2) is 0 Å². The van der Waals surface area contributed by atoms with Gasteiger partial charge in [-0.3, -0.25) is 19.3 Å². The van der Waals surface area contributed by atoms with Crippen LogP contribution in [0.4, 0.5) is 5.69 Å². The number of rotatable bonds is 5. The first-order chi connectivity index (χ1) is 16.9.